The summed E-state index contributed by atoms with van der Waals surface area (Å²) in [5.41, 5.74) is 8.41. The monoisotopic (exact) mass is 541 g/mol. The molecule has 1 aromatic carbocycles. The first-order chi connectivity index (χ1) is 18.5. The van der Waals surface area contributed by atoms with Gasteiger partial charge in [-0.3, -0.25) is 10.1 Å². The fourth-order valence-corrected chi connectivity index (χ4v) is 9.51. The van der Waals surface area contributed by atoms with Gasteiger partial charge in [0.25, 0.3) is 5.69 Å². The predicted molar refractivity (Wildman–Crippen MR) is 148 cm³/mol. The van der Waals surface area contributed by atoms with Gasteiger partial charge >= 0.3 is 0 Å². The van der Waals surface area contributed by atoms with Crippen LogP contribution in [0.3, 0.4) is 0 Å². The van der Waals surface area contributed by atoms with E-state index < -0.39 is 16.3 Å². The van der Waals surface area contributed by atoms with Gasteiger partial charge in [0.05, 0.1) is 10.5 Å². The molecule has 4 aliphatic rings. The quantitative estimate of drug-likeness (QED) is 0.0897. The summed E-state index contributed by atoms with van der Waals surface area (Å²) >= 11 is 0. The number of azide groups is 1. The molecule has 7 atom stereocenters. The van der Waals surface area contributed by atoms with E-state index in [-0.39, 0.29) is 22.2 Å². The van der Waals surface area contributed by atoms with E-state index in [2.05, 4.69) is 29.2 Å². The lowest BCUT2D eigenvalue weighted by molar-refractivity contribution is -0.383. The van der Waals surface area contributed by atoms with Crippen molar-refractivity contribution in [3.63, 3.8) is 0 Å². The highest BCUT2D eigenvalue weighted by atomic mass is 16.7. The van der Waals surface area contributed by atoms with E-state index in [0.29, 0.717) is 42.3 Å². The Morgan fingerprint density at radius 3 is 2.56 bits per heavy atom. The first-order valence-corrected chi connectivity index (χ1v) is 14.4. The Morgan fingerprint density at radius 2 is 1.87 bits per heavy atom. The molecule has 0 aromatic heterocycles. The fraction of sp³-hybridized carbons (Fsp3) is 0.793. The number of rotatable bonds is 8. The van der Waals surface area contributed by atoms with Crippen LogP contribution in [-0.2, 0) is 9.47 Å². The van der Waals surface area contributed by atoms with Crippen molar-refractivity contribution in [2.45, 2.75) is 89.4 Å². The van der Waals surface area contributed by atoms with Crippen LogP contribution in [-0.4, -0.2) is 42.2 Å². The molecule has 0 aliphatic heterocycles. The van der Waals surface area contributed by atoms with Crippen molar-refractivity contribution in [1.29, 1.82) is 0 Å². The van der Waals surface area contributed by atoms with Gasteiger partial charge in [-0.1, -0.05) is 25.0 Å². The van der Waals surface area contributed by atoms with Crippen molar-refractivity contribution in [2.24, 2.45) is 39.6 Å². The maximum atomic E-state index is 12.1. The van der Waals surface area contributed by atoms with Crippen LogP contribution < -0.4 is 5.32 Å². The average molecular weight is 542 g/mol. The molecule has 39 heavy (non-hydrogen) atoms. The summed E-state index contributed by atoms with van der Waals surface area (Å²) in [6.07, 6.45) is 9.91. The summed E-state index contributed by atoms with van der Waals surface area (Å²) in [7, 11) is 3.54. The third-order valence-electron chi connectivity index (χ3n) is 11.9. The highest BCUT2D eigenvalue weighted by Crippen LogP contribution is 2.69. The highest BCUT2D eigenvalue weighted by molar-refractivity contribution is 5.66. The second-order valence-corrected chi connectivity index (χ2v) is 13.0. The second-order valence-electron chi connectivity index (χ2n) is 13.0. The molecule has 0 unspecified atom stereocenters. The Balaban J connectivity index is 1.28. The normalized spacial score (nSPS) is 38.6. The number of nitrogens with zero attached hydrogens (tertiary/aromatic N) is 4. The van der Waals surface area contributed by atoms with E-state index in [0.717, 1.165) is 44.9 Å². The molecular formula is C29H43N5O5. The smallest absolute Gasteiger partial charge is 0.292 e. The van der Waals surface area contributed by atoms with Gasteiger partial charge < -0.3 is 19.9 Å². The summed E-state index contributed by atoms with van der Waals surface area (Å²) in [5, 5.41) is 30.3. The number of hydrogen-bond acceptors (Lipinski definition) is 7. The summed E-state index contributed by atoms with van der Waals surface area (Å²) in [6.45, 7) is 5.25. The average Bonchev–Trinajstić information content (AvgIpc) is 3.19. The van der Waals surface area contributed by atoms with Crippen LogP contribution >= 0.6 is 0 Å². The van der Waals surface area contributed by atoms with Crippen LogP contribution in [0.4, 0.5) is 17.1 Å². The standard InChI is InChI=1S/C29H43N5O5/c1-26-13-14-29(38-3,39-4)18-19(26)5-7-21-22(26)9-11-27(2)23(21)10-12-28(27,35)15-16-31-24-8-6-20(32-33-30)17-25(24)34(36)37/h6,8,17,19,21-23,31,35H,5,7,9-16,18H2,1-4H3/t19-,21+,22-,23-,26-,27-,28+/m0/s1. The Hall–Kier alpha value is -2.39. The molecule has 0 radical (unpaired) electrons. The minimum Gasteiger partial charge on any atom is -0.389 e. The van der Waals surface area contributed by atoms with E-state index in [9.17, 15) is 15.2 Å². The Labute approximate surface area is 230 Å². The molecule has 4 aliphatic carbocycles. The van der Waals surface area contributed by atoms with Crippen LogP contribution in [0.25, 0.3) is 10.4 Å². The van der Waals surface area contributed by atoms with Gasteiger partial charge in [0.15, 0.2) is 5.79 Å². The largest absolute Gasteiger partial charge is 0.389 e. The molecule has 4 fully saturated rings. The van der Waals surface area contributed by atoms with E-state index >= 15 is 0 Å². The number of hydrogen-bond donors (Lipinski definition) is 2. The van der Waals surface area contributed by atoms with Gasteiger partial charge in [-0.15, -0.1) is 0 Å². The number of fused-ring (bicyclic) bond motifs is 5. The second kappa shape index (κ2) is 10.2. The molecule has 214 valence electrons. The minimum absolute atomic E-state index is 0.133. The SMILES string of the molecule is COC1(OC)CC[C@@]2(C)[C@@H](CC[C@@H]3[C@@H]2CC[C@@]2(C)[C@H]3CC[C@@]2(O)CCNc2ccc(N=[N+]=[N-])cc2[N+](=O)[O-])C1. The van der Waals surface area contributed by atoms with Crippen molar-refractivity contribution in [3.8, 4) is 0 Å². The summed E-state index contributed by atoms with van der Waals surface area (Å²) in [5.74, 6) is 1.94. The maximum Gasteiger partial charge on any atom is 0.292 e. The first kappa shape index (κ1) is 28.1. The molecule has 4 saturated carbocycles. The van der Waals surface area contributed by atoms with Crippen LogP contribution in [0.15, 0.2) is 23.3 Å². The Bertz CT molecular complexity index is 1150. The lowest BCUT2D eigenvalue weighted by Crippen LogP contribution is -2.58. The number of ether oxygens (including phenoxy) is 2. The zero-order valence-electron chi connectivity index (χ0n) is 23.7. The van der Waals surface area contributed by atoms with Gasteiger partial charge in [0.2, 0.25) is 0 Å². The third kappa shape index (κ3) is 4.49. The van der Waals surface area contributed by atoms with Crippen LogP contribution in [0.2, 0.25) is 0 Å². The molecule has 5 rings (SSSR count). The number of nitro groups is 1. The molecule has 1 aromatic rings. The molecule has 10 nitrogen and oxygen atoms in total. The van der Waals surface area contributed by atoms with Crippen LogP contribution in [0.1, 0.15) is 78.1 Å². The zero-order chi connectivity index (χ0) is 28.1. The highest BCUT2D eigenvalue weighted by Gasteiger charge is 2.65. The predicted octanol–water partition coefficient (Wildman–Crippen LogP) is 7.10. The number of methoxy groups -OCH3 is 2. The van der Waals surface area contributed by atoms with Crippen molar-refractivity contribution in [1.82, 2.24) is 0 Å². The van der Waals surface area contributed by atoms with Gasteiger partial charge in [0.1, 0.15) is 5.69 Å². The molecular weight excluding hydrogens is 498 g/mol. The number of nitro benzene ring substituents is 1. The molecule has 10 heteroatoms. The van der Waals surface area contributed by atoms with Gasteiger partial charge in [-0.2, -0.15) is 0 Å². The summed E-state index contributed by atoms with van der Waals surface area (Å²) in [4.78, 5) is 13.8. The fourth-order valence-electron chi connectivity index (χ4n) is 9.51. The zero-order valence-corrected chi connectivity index (χ0v) is 23.7. The van der Waals surface area contributed by atoms with Crippen LogP contribution in [0.5, 0.6) is 0 Å². The lowest BCUT2D eigenvalue weighted by Gasteiger charge is -2.62. The Morgan fingerprint density at radius 1 is 1.13 bits per heavy atom. The van der Waals surface area contributed by atoms with E-state index in [1.54, 1.807) is 26.4 Å². The van der Waals surface area contributed by atoms with E-state index in [1.807, 2.05) is 0 Å². The van der Waals surface area contributed by atoms with Crippen molar-refractivity contribution in [2.75, 3.05) is 26.1 Å². The van der Waals surface area contributed by atoms with E-state index in [4.69, 9.17) is 15.0 Å². The number of anilines is 1. The molecule has 0 bridgehead atoms. The van der Waals surface area contributed by atoms with Crippen molar-refractivity contribution in [3.05, 3.63) is 38.8 Å². The number of nitrogens with one attached hydrogen (secondary N) is 1. The maximum absolute atomic E-state index is 12.1. The van der Waals surface area contributed by atoms with Crippen molar-refractivity contribution < 1.29 is 19.5 Å². The molecule has 2 N–H and O–H groups in total. The summed E-state index contributed by atoms with van der Waals surface area (Å²) in [6, 6.07) is 4.40. The number of benzene rings is 1. The number of aliphatic hydroxyl groups is 1. The van der Waals surface area contributed by atoms with Gasteiger partial charge in [0, 0.05) is 50.3 Å². The first-order valence-electron chi connectivity index (χ1n) is 14.4. The van der Waals surface area contributed by atoms with Crippen LogP contribution in [0, 0.1) is 44.6 Å². The third-order valence-corrected chi connectivity index (χ3v) is 11.9. The lowest BCUT2D eigenvalue weighted by atomic mass is 9.44. The topological polar surface area (TPSA) is 143 Å². The van der Waals surface area contributed by atoms with Crippen molar-refractivity contribution >= 4 is 17.1 Å². The molecule has 0 heterocycles. The Kier molecular flexibility index (Phi) is 7.38. The molecule has 0 spiro atoms. The molecule has 0 amide bonds. The summed E-state index contributed by atoms with van der Waals surface area (Å²) < 4.78 is 11.7. The van der Waals surface area contributed by atoms with E-state index in [1.165, 1.54) is 18.9 Å². The molecule has 0 saturated heterocycles. The minimum atomic E-state index is -0.805. The van der Waals surface area contributed by atoms with Gasteiger partial charge in [-0.05, 0) is 97.5 Å². The van der Waals surface area contributed by atoms with Gasteiger partial charge in [-0.25, -0.2) is 0 Å².